The number of alkyl carbamates (subject to hydrolysis) is 1. The monoisotopic (exact) mass is 350 g/mol. The van der Waals surface area contributed by atoms with E-state index < -0.39 is 0 Å². The number of nitrogens with one attached hydrogen (secondary N) is 1. The molecular weight excluding hydrogens is 324 g/mol. The molecule has 0 radical (unpaired) electrons. The molecule has 4 nitrogen and oxygen atoms in total. The number of rotatable bonds is 5. The van der Waals surface area contributed by atoms with Crippen LogP contribution in [0.1, 0.15) is 36.9 Å². The largest absolute Gasteiger partial charge is 0.447 e. The fourth-order valence-corrected chi connectivity index (χ4v) is 3.93. The van der Waals surface area contributed by atoms with E-state index >= 15 is 0 Å². The minimum Gasteiger partial charge on any atom is -0.447 e. The molecule has 0 aromatic heterocycles. The van der Waals surface area contributed by atoms with Gasteiger partial charge in [0.2, 0.25) is 0 Å². The molecule has 2 atom stereocenters. The van der Waals surface area contributed by atoms with Gasteiger partial charge in [-0.05, 0) is 55.0 Å². The highest BCUT2D eigenvalue weighted by molar-refractivity contribution is 5.70. The minimum atomic E-state index is -0.335. The van der Waals surface area contributed by atoms with Crippen LogP contribution >= 0.6 is 0 Å². The zero-order valence-electron chi connectivity index (χ0n) is 15.3. The first-order valence-corrected chi connectivity index (χ1v) is 9.56. The SMILES string of the molecule is C[C@@H]1CCCN1CCc1ccc(-c2ccc(C3COC(=O)N3)cc2)cc1. The summed E-state index contributed by atoms with van der Waals surface area (Å²) in [6.45, 7) is 5.15. The number of nitrogens with zero attached hydrogens (tertiary/aromatic N) is 1. The summed E-state index contributed by atoms with van der Waals surface area (Å²) >= 11 is 0. The maximum absolute atomic E-state index is 11.2. The molecule has 136 valence electrons. The Labute approximate surface area is 155 Å². The molecule has 0 aliphatic carbocycles. The highest BCUT2D eigenvalue weighted by Gasteiger charge is 2.23. The molecule has 2 aromatic carbocycles. The van der Waals surface area contributed by atoms with Gasteiger partial charge in [-0.25, -0.2) is 4.79 Å². The molecule has 2 aliphatic rings. The van der Waals surface area contributed by atoms with Gasteiger partial charge in [-0.3, -0.25) is 0 Å². The number of ether oxygens (including phenoxy) is 1. The fourth-order valence-electron chi connectivity index (χ4n) is 3.93. The number of hydrogen-bond acceptors (Lipinski definition) is 3. The third-order valence-corrected chi connectivity index (χ3v) is 5.65. The second-order valence-corrected chi connectivity index (χ2v) is 7.39. The van der Waals surface area contributed by atoms with E-state index in [1.165, 1.54) is 36.1 Å². The van der Waals surface area contributed by atoms with Crippen LogP contribution in [-0.2, 0) is 11.2 Å². The highest BCUT2D eigenvalue weighted by Crippen LogP contribution is 2.24. The van der Waals surface area contributed by atoms with Crippen LogP contribution in [-0.4, -0.2) is 36.7 Å². The Kier molecular flexibility index (Phi) is 4.93. The average Bonchev–Trinajstić information content (AvgIpc) is 3.29. The lowest BCUT2D eigenvalue weighted by atomic mass is 9.99. The third kappa shape index (κ3) is 3.75. The third-order valence-electron chi connectivity index (χ3n) is 5.65. The summed E-state index contributed by atoms with van der Waals surface area (Å²) in [6, 6.07) is 18.0. The number of carbonyl (C=O) groups is 1. The van der Waals surface area contributed by atoms with E-state index in [0.29, 0.717) is 6.61 Å². The van der Waals surface area contributed by atoms with Crippen molar-refractivity contribution in [2.45, 2.75) is 38.3 Å². The Morgan fingerprint density at radius 3 is 2.35 bits per heavy atom. The zero-order valence-corrected chi connectivity index (χ0v) is 15.3. The van der Waals surface area contributed by atoms with Crippen molar-refractivity contribution in [1.82, 2.24) is 10.2 Å². The van der Waals surface area contributed by atoms with E-state index in [4.69, 9.17) is 4.74 Å². The lowest BCUT2D eigenvalue weighted by molar-refractivity contribution is 0.177. The molecule has 1 N–H and O–H groups in total. The van der Waals surface area contributed by atoms with Crippen LogP contribution in [0.3, 0.4) is 0 Å². The van der Waals surface area contributed by atoms with Gasteiger partial charge in [-0.2, -0.15) is 0 Å². The minimum absolute atomic E-state index is 0.0353. The number of likely N-dealkylation sites (tertiary alicyclic amines) is 1. The molecule has 2 aromatic rings. The van der Waals surface area contributed by atoms with Gasteiger partial charge >= 0.3 is 6.09 Å². The molecule has 26 heavy (non-hydrogen) atoms. The zero-order chi connectivity index (χ0) is 17.9. The van der Waals surface area contributed by atoms with E-state index in [1.54, 1.807) is 0 Å². The lowest BCUT2D eigenvalue weighted by Crippen LogP contribution is -2.28. The summed E-state index contributed by atoms with van der Waals surface area (Å²) in [7, 11) is 0. The first-order valence-electron chi connectivity index (χ1n) is 9.56. The quantitative estimate of drug-likeness (QED) is 0.880. The summed E-state index contributed by atoms with van der Waals surface area (Å²) in [6.07, 6.45) is 3.46. The van der Waals surface area contributed by atoms with Gasteiger partial charge in [0.1, 0.15) is 6.61 Å². The molecule has 4 heteroatoms. The second kappa shape index (κ2) is 7.50. The molecule has 4 rings (SSSR count). The van der Waals surface area contributed by atoms with Crippen LogP contribution in [0, 0.1) is 0 Å². The van der Waals surface area contributed by atoms with Gasteiger partial charge in [0.05, 0.1) is 6.04 Å². The number of hydrogen-bond donors (Lipinski definition) is 1. The number of carbonyl (C=O) groups excluding carboxylic acids is 1. The molecular formula is C22H26N2O2. The maximum atomic E-state index is 11.2. The van der Waals surface area contributed by atoms with Crippen LogP contribution in [0.25, 0.3) is 11.1 Å². The predicted octanol–water partition coefficient (Wildman–Crippen LogP) is 4.16. The van der Waals surface area contributed by atoms with Gasteiger partial charge in [0.25, 0.3) is 0 Å². The van der Waals surface area contributed by atoms with Crippen LogP contribution in [0.5, 0.6) is 0 Å². The summed E-state index contributed by atoms with van der Waals surface area (Å²) in [4.78, 5) is 13.8. The molecule has 1 amide bonds. The number of benzene rings is 2. The summed E-state index contributed by atoms with van der Waals surface area (Å²) in [5.74, 6) is 0. The van der Waals surface area contributed by atoms with Crippen molar-refractivity contribution in [3.05, 3.63) is 59.7 Å². The molecule has 0 bridgehead atoms. The first kappa shape index (κ1) is 17.1. The summed E-state index contributed by atoms with van der Waals surface area (Å²) < 4.78 is 4.96. The normalized spacial score (nSPS) is 23.0. The molecule has 2 fully saturated rings. The Bertz CT molecular complexity index is 755. The smallest absolute Gasteiger partial charge is 0.407 e. The van der Waals surface area contributed by atoms with E-state index in [-0.39, 0.29) is 12.1 Å². The van der Waals surface area contributed by atoms with Gasteiger partial charge in [0, 0.05) is 12.6 Å². The maximum Gasteiger partial charge on any atom is 0.407 e. The van der Waals surface area contributed by atoms with E-state index in [2.05, 4.69) is 65.7 Å². The van der Waals surface area contributed by atoms with Crippen molar-refractivity contribution in [2.75, 3.05) is 19.7 Å². The van der Waals surface area contributed by atoms with Crippen LogP contribution in [0.15, 0.2) is 48.5 Å². The second-order valence-electron chi connectivity index (χ2n) is 7.39. The molecule has 2 heterocycles. The van der Waals surface area contributed by atoms with Crippen LogP contribution in [0.2, 0.25) is 0 Å². The molecule has 1 unspecified atom stereocenters. The van der Waals surface area contributed by atoms with E-state index in [0.717, 1.165) is 24.6 Å². The number of cyclic esters (lactones) is 1. The van der Waals surface area contributed by atoms with E-state index in [1.807, 2.05) is 0 Å². The van der Waals surface area contributed by atoms with Gasteiger partial charge in [-0.1, -0.05) is 48.5 Å². The molecule has 2 saturated heterocycles. The summed E-state index contributed by atoms with van der Waals surface area (Å²) in [5.41, 5.74) is 4.89. The van der Waals surface area contributed by atoms with Gasteiger partial charge < -0.3 is 15.0 Å². The van der Waals surface area contributed by atoms with Crippen LogP contribution in [0.4, 0.5) is 4.79 Å². The molecule has 0 saturated carbocycles. The Morgan fingerprint density at radius 1 is 1.08 bits per heavy atom. The Balaban J connectivity index is 1.38. The predicted molar refractivity (Wildman–Crippen MR) is 103 cm³/mol. The molecule has 2 aliphatic heterocycles. The Hall–Kier alpha value is -2.33. The van der Waals surface area contributed by atoms with Gasteiger partial charge in [0.15, 0.2) is 0 Å². The molecule has 0 spiro atoms. The Morgan fingerprint density at radius 2 is 1.77 bits per heavy atom. The van der Waals surface area contributed by atoms with Crippen molar-refractivity contribution in [3.63, 3.8) is 0 Å². The number of amides is 1. The van der Waals surface area contributed by atoms with Crippen LogP contribution < -0.4 is 5.32 Å². The van der Waals surface area contributed by atoms with Crippen molar-refractivity contribution in [3.8, 4) is 11.1 Å². The first-order chi connectivity index (χ1) is 12.7. The van der Waals surface area contributed by atoms with Crippen molar-refractivity contribution >= 4 is 6.09 Å². The highest BCUT2D eigenvalue weighted by atomic mass is 16.6. The average molecular weight is 350 g/mol. The summed E-state index contributed by atoms with van der Waals surface area (Å²) in [5, 5.41) is 2.81. The standard InChI is InChI=1S/C22H26N2O2/c1-16-3-2-13-24(16)14-12-17-4-6-18(7-5-17)19-8-10-20(11-9-19)21-15-26-22(25)23-21/h4-11,16,21H,2-3,12-15H2,1H3,(H,23,25)/t16-,21?/m1/s1. The van der Waals surface area contributed by atoms with E-state index in [9.17, 15) is 4.79 Å². The van der Waals surface area contributed by atoms with Crippen molar-refractivity contribution < 1.29 is 9.53 Å². The van der Waals surface area contributed by atoms with Crippen molar-refractivity contribution in [1.29, 1.82) is 0 Å². The van der Waals surface area contributed by atoms with Gasteiger partial charge in [-0.15, -0.1) is 0 Å². The fraction of sp³-hybridized carbons (Fsp3) is 0.409. The topological polar surface area (TPSA) is 41.6 Å². The van der Waals surface area contributed by atoms with Crippen molar-refractivity contribution in [2.24, 2.45) is 0 Å². The lowest BCUT2D eigenvalue weighted by Gasteiger charge is -2.20.